The van der Waals surface area contributed by atoms with Gasteiger partial charge in [-0.05, 0) is 26.0 Å². The summed E-state index contributed by atoms with van der Waals surface area (Å²) >= 11 is 5.94. The van der Waals surface area contributed by atoms with E-state index in [1.54, 1.807) is 32.0 Å². The molecule has 0 bridgehead atoms. The molecule has 1 aliphatic heterocycles. The Morgan fingerprint density at radius 3 is 2.73 bits per heavy atom. The fraction of sp³-hybridized carbons (Fsp3) is 0.400. The lowest BCUT2D eigenvalue weighted by Gasteiger charge is -2.32. The van der Waals surface area contributed by atoms with Gasteiger partial charge in [-0.15, -0.1) is 0 Å². The van der Waals surface area contributed by atoms with Crippen molar-refractivity contribution in [1.29, 1.82) is 0 Å². The Balaban J connectivity index is 2.75. The number of rotatable bonds is 0. The van der Waals surface area contributed by atoms with E-state index in [0.29, 0.717) is 22.2 Å². The molecule has 1 N–H and O–H groups in total. The van der Waals surface area contributed by atoms with Gasteiger partial charge in [0.15, 0.2) is 9.84 Å². The number of hydrogen-bond acceptors (Lipinski definition) is 3. The van der Waals surface area contributed by atoms with Crippen LogP contribution in [0.4, 0.5) is 5.69 Å². The predicted octanol–water partition coefficient (Wildman–Crippen LogP) is 2.32. The Hall–Kier alpha value is -0.740. The highest BCUT2D eigenvalue weighted by atomic mass is 35.5. The van der Waals surface area contributed by atoms with Gasteiger partial charge in [-0.2, -0.15) is 0 Å². The third-order valence-corrected chi connectivity index (χ3v) is 5.52. The molecule has 0 aliphatic carbocycles. The Morgan fingerprint density at radius 1 is 1.40 bits per heavy atom. The third kappa shape index (κ3) is 1.43. The highest BCUT2D eigenvalue weighted by molar-refractivity contribution is 7.93. The maximum Gasteiger partial charge on any atom is 0.187 e. The van der Waals surface area contributed by atoms with Crippen LogP contribution in [0.1, 0.15) is 13.8 Å². The van der Waals surface area contributed by atoms with Crippen LogP contribution in [-0.4, -0.2) is 19.7 Å². The van der Waals surface area contributed by atoms with Gasteiger partial charge in [0.25, 0.3) is 0 Å². The topological polar surface area (TPSA) is 46.2 Å². The largest absolute Gasteiger partial charge is 0.381 e. The van der Waals surface area contributed by atoms with Crippen molar-refractivity contribution in [2.24, 2.45) is 0 Å². The summed E-state index contributed by atoms with van der Waals surface area (Å²) in [6, 6.07) is 4.92. The molecule has 1 aliphatic rings. The van der Waals surface area contributed by atoms with Crippen molar-refractivity contribution in [3.63, 3.8) is 0 Å². The first-order valence-corrected chi connectivity index (χ1v) is 6.49. The molecule has 2 rings (SSSR count). The van der Waals surface area contributed by atoms with E-state index in [1.165, 1.54) is 0 Å². The quantitative estimate of drug-likeness (QED) is 0.763. The first kappa shape index (κ1) is 10.8. The molecule has 15 heavy (non-hydrogen) atoms. The van der Waals surface area contributed by atoms with Gasteiger partial charge in [-0.25, -0.2) is 8.42 Å². The molecule has 1 heterocycles. The van der Waals surface area contributed by atoms with Crippen molar-refractivity contribution in [3.05, 3.63) is 23.2 Å². The fourth-order valence-electron chi connectivity index (χ4n) is 1.59. The highest BCUT2D eigenvalue weighted by Gasteiger charge is 2.41. The Kier molecular flexibility index (Phi) is 2.24. The zero-order valence-corrected chi connectivity index (χ0v) is 10.1. The van der Waals surface area contributed by atoms with E-state index in [1.807, 2.05) is 0 Å². The van der Waals surface area contributed by atoms with Crippen LogP contribution in [0, 0.1) is 0 Å². The van der Waals surface area contributed by atoms with E-state index in [4.69, 9.17) is 11.6 Å². The summed E-state index contributed by atoms with van der Waals surface area (Å²) < 4.78 is 23.6. The minimum absolute atomic E-state index is 0.297. The van der Waals surface area contributed by atoms with Gasteiger partial charge in [0, 0.05) is 6.54 Å². The van der Waals surface area contributed by atoms with Crippen LogP contribution >= 0.6 is 11.6 Å². The van der Waals surface area contributed by atoms with Crippen molar-refractivity contribution in [1.82, 2.24) is 0 Å². The van der Waals surface area contributed by atoms with Crippen molar-refractivity contribution < 1.29 is 8.42 Å². The molecule has 1 aromatic carbocycles. The molecule has 1 aromatic rings. The van der Waals surface area contributed by atoms with Crippen LogP contribution in [0.3, 0.4) is 0 Å². The Labute approximate surface area is 94.4 Å². The first-order chi connectivity index (χ1) is 6.86. The molecule has 5 heteroatoms. The molecule has 82 valence electrons. The molecular weight excluding hydrogens is 234 g/mol. The van der Waals surface area contributed by atoms with E-state index in [-0.39, 0.29) is 0 Å². The number of halogens is 1. The van der Waals surface area contributed by atoms with E-state index in [0.717, 1.165) is 0 Å². The lowest BCUT2D eigenvalue weighted by atomic mass is 10.2. The third-order valence-electron chi connectivity index (χ3n) is 2.68. The summed E-state index contributed by atoms with van der Waals surface area (Å²) in [6.07, 6.45) is 0. The number of benzene rings is 1. The molecule has 0 saturated carbocycles. The number of nitrogens with one attached hydrogen (secondary N) is 1. The summed E-state index contributed by atoms with van der Waals surface area (Å²) in [5.41, 5.74) is 0.526. The second-order valence-corrected chi connectivity index (χ2v) is 7.19. The van der Waals surface area contributed by atoms with Crippen LogP contribution in [0.15, 0.2) is 23.1 Å². The molecule has 0 radical (unpaired) electrons. The summed E-state index contributed by atoms with van der Waals surface area (Å²) in [5.74, 6) is 0. The normalized spacial score (nSPS) is 21.5. The van der Waals surface area contributed by atoms with Gasteiger partial charge in [0.05, 0.1) is 20.4 Å². The van der Waals surface area contributed by atoms with Gasteiger partial charge in [0.2, 0.25) is 0 Å². The number of sulfone groups is 1. The molecule has 0 unspecified atom stereocenters. The molecule has 0 amide bonds. The van der Waals surface area contributed by atoms with Crippen LogP contribution in [0.25, 0.3) is 0 Å². The Morgan fingerprint density at radius 2 is 2.07 bits per heavy atom. The van der Waals surface area contributed by atoms with Crippen LogP contribution in [0.2, 0.25) is 5.02 Å². The zero-order valence-electron chi connectivity index (χ0n) is 8.54. The summed E-state index contributed by atoms with van der Waals surface area (Å²) in [4.78, 5) is 0.297. The fourth-order valence-corrected chi connectivity index (χ4v) is 3.46. The van der Waals surface area contributed by atoms with Crippen molar-refractivity contribution in [2.75, 3.05) is 11.9 Å². The predicted molar refractivity (Wildman–Crippen MR) is 61.2 cm³/mol. The second-order valence-electron chi connectivity index (χ2n) is 4.23. The smallest absolute Gasteiger partial charge is 0.187 e. The lowest BCUT2D eigenvalue weighted by molar-refractivity contribution is 0.548. The first-order valence-electron chi connectivity index (χ1n) is 4.63. The van der Waals surface area contributed by atoms with Crippen LogP contribution < -0.4 is 5.32 Å². The number of hydrogen-bond donors (Lipinski definition) is 1. The molecule has 3 nitrogen and oxygen atoms in total. The Bertz CT molecular complexity index is 508. The summed E-state index contributed by atoms with van der Waals surface area (Å²) in [7, 11) is -3.29. The molecule has 0 spiro atoms. The van der Waals surface area contributed by atoms with Crippen molar-refractivity contribution in [3.8, 4) is 0 Å². The van der Waals surface area contributed by atoms with Crippen molar-refractivity contribution >= 4 is 27.1 Å². The number of fused-ring (bicyclic) bond motifs is 1. The number of para-hydroxylation sites is 1. The van der Waals surface area contributed by atoms with E-state index in [9.17, 15) is 8.42 Å². The maximum atomic E-state index is 12.2. The van der Waals surface area contributed by atoms with Crippen molar-refractivity contribution in [2.45, 2.75) is 23.5 Å². The average Bonchev–Trinajstić information content (AvgIpc) is 2.13. The van der Waals surface area contributed by atoms with E-state index >= 15 is 0 Å². The minimum Gasteiger partial charge on any atom is -0.381 e. The van der Waals surface area contributed by atoms with Crippen LogP contribution in [-0.2, 0) is 9.84 Å². The van der Waals surface area contributed by atoms with Gasteiger partial charge < -0.3 is 5.32 Å². The van der Waals surface area contributed by atoms with E-state index in [2.05, 4.69) is 5.32 Å². The monoisotopic (exact) mass is 245 g/mol. The summed E-state index contributed by atoms with van der Waals surface area (Å²) in [5, 5.41) is 3.52. The van der Waals surface area contributed by atoms with Gasteiger partial charge >= 0.3 is 0 Å². The summed E-state index contributed by atoms with van der Waals surface area (Å²) in [6.45, 7) is 3.80. The lowest BCUT2D eigenvalue weighted by Crippen LogP contribution is -2.43. The van der Waals surface area contributed by atoms with Gasteiger partial charge in [-0.1, -0.05) is 17.7 Å². The second kappa shape index (κ2) is 3.12. The molecule has 0 fully saturated rings. The molecule has 0 atom stereocenters. The zero-order chi connectivity index (χ0) is 11.3. The SMILES string of the molecule is CC1(C)CNc2c(Cl)cccc2S1(=O)=O. The standard InChI is InChI=1S/C10H12ClNO2S/c1-10(2)6-12-9-7(11)4-3-5-8(9)15(10,13)14/h3-5,12H,6H2,1-2H3. The van der Waals surface area contributed by atoms with Gasteiger partial charge in [-0.3, -0.25) is 0 Å². The number of anilines is 1. The maximum absolute atomic E-state index is 12.2. The van der Waals surface area contributed by atoms with Crippen LogP contribution in [0.5, 0.6) is 0 Å². The molecule has 0 saturated heterocycles. The molecular formula is C10H12ClNO2S. The van der Waals surface area contributed by atoms with E-state index < -0.39 is 14.6 Å². The minimum atomic E-state index is -3.29. The molecule has 0 aromatic heterocycles. The average molecular weight is 246 g/mol. The highest BCUT2D eigenvalue weighted by Crippen LogP contribution is 2.39. The van der Waals surface area contributed by atoms with Gasteiger partial charge in [0.1, 0.15) is 0 Å².